The number of H-pyrrole nitrogens is 1. The Labute approximate surface area is 113 Å². The molecule has 0 aliphatic rings. The van der Waals surface area contributed by atoms with Crippen LogP contribution in [0.25, 0.3) is 0 Å². The van der Waals surface area contributed by atoms with E-state index in [1.54, 1.807) is 14.0 Å². The van der Waals surface area contributed by atoms with Crippen LogP contribution in [0.15, 0.2) is 35.4 Å². The van der Waals surface area contributed by atoms with Gasteiger partial charge in [0.05, 0.1) is 11.9 Å². The molecule has 1 N–H and O–H groups in total. The van der Waals surface area contributed by atoms with Gasteiger partial charge in [0.2, 0.25) is 10.0 Å². The van der Waals surface area contributed by atoms with E-state index < -0.39 is 10.0 Å². The number of nitrogens with zero attached hydrogens (tertiary/aromatic N) is 2. The Kier molecular flexibility index (Phi) is 3.73. The third kappa shape index (κ3) is 2.85. The molecule has 0 unspecified atom stereocenters. The summed E-state index contributed by atoms with van der Waals surface area (Å²) >= 11 is 0. The molecule has 0 atom stereocenters. The van der Waals surface area contributed by atoms with Crippen molar-refractivity contribution < 1.29 is 8.42 Å². The first-order valence-corrected chi connectivity index (χ1v) is 7.37. The molecular formula is C13H17N3O2S. The monoisotopic (exact) mass is 279 g/mol. The minimum Gasteiger partial charge on any atom is -0.281 e. The Morgan fingerprint density at radius 2 is 1.84 bits per heavy atom. The molecule has 0 fully saturated rings. The van der Waals surface area contributed by atoms with Crippen molar-refractivity contribution in [3.8, 4) is 0 Å². The van der Waals surface area contributed by atoms with Crippen LogP contribution in [-0.2, 0) is 16.6 Å². The molecule has 2 aromatic rings. The van der Waals surface area contributed by atoms with Crippen LogP contribution in [0.5, 0.6) is 0 Å². The topological polar surface area (TPSA) is 66.1 Å². The third-order valence-electron chi connectivity index (χ3n) is 3.00. The quantitative estimate of drug-likeness (QED) is 0.928. The molecule has 0 spiro atoms. The normalized spacial score (nSPS) is 12.0. The van der Waals surface area contributed by atoms with Crippen molar-refractivity contribution in [3.63, 3.8) is 0 Å². The molecule has 0 aliphatic carbocycles. The average Bonchev–Trinajstić information content (AvgIpc) is 2.79. The molecule has 2 rings (SSSR count). The highest BCUT2D eigenvalue weighted by Gasteiger charge is 2.24. The fourth-order valence-corrected chi connectivity index (χ4v) is 3.08. The van der Waals surface area contributed by atoms with E-state index in [1.165, 1.54) is 10.5 Å². The van der Waals surface area contributed by atoms with Crippen molar-refractivity contribution in [3.05, 3.63) is 47.3 Å². The van der Waals surface area contributed by atoms with Gasteiger partial charge in [0.15, 0.2) is 0 Å². The molecule has 1 heterocycles. The van der Waals surface area contributed by atoms with Gasteiger partial charge in [0.25, 0.3) is 0 Å². The third-order valence-corrected chi connectivity index (χ3v) is 4.91. The number of sulfonamides is 1. The summed E-state index contributed by atoms with van der Waals surface area (Å²) in [6.07, 6.45) is 1.34. The molecule has 1 aromatic carbocycles. The van der Waals surface area contributed by atoms with Crippen LogP contribution in [0.2, 0.25) is 0 Å². The first-order valence-electron chi connectivity index (χ1n) is 5.93. The minimum atomic E-state index is -3.50. The number of aryl methyl sites for hydroxylation is 2. The van der Waals surface area contributed by atoms with E-state index >= 15 is 0 Å². The molecule has 0 saturated carbocycles. The van der Waals surface area contributed by atoms with Crippen molar-refractivity contribution in [2.75, 3.05) is 7.05 Å². The van der Waals surface area contributed by atoms with Crippen LogP contribution >= 0.6 is 0 Å². The zero-order valence-electron chi connectivity index (χ0n) is 11.2. The lowest BCUT2D eigenvalue weighted by atomic mass is 10.1. The van der Waals surface area contributed by atoms with Crippen LogP contribution in [-0.4, -0.2) is 30.0 Å². The smallest absolute Gasteiger partial charge is 0.246 e. The van der Waals surface area contributed by atoms with Crippen LogP contribution in [0.4, 0.5) is 0 Å². The molecule has 6 heteroatoms. The lowest BCUT2D eigenvalue weighted by molar-refractivity contribution is 0.466. The first-order chi connectivity index (χ1) is 8.91. The standard InChI is InChI=1S/C13H17N3O2S/c1-10-4-6-12(7-5-10)9-16(3)19(17,18)13-8-14-15-11(13)2/h4-8H,9H2,1-3H3,(H,14,15). The summed E-state index contributed by atoms with van der Waals surface area (Å²) in [5.74, 6) is 0. The van der Waals surface area contributed by atoms with Crippen molar-refractivity contribution in [1.82, 2.24) is 14.5 Å². The molecule has 0 bridgehead atoms. The van der Waals surface area contributed by atoms with Gasteiger partial charge in [0, 0.05) is 13.6 Å². The van der Waals surface area contributed by atoms with Gasteiger partial charge in [-0.1, -0.05) is 29.8 Å². The average molecular weight is 279 g/mol. The summed E-state index contributed by atoms with van der Waals surface area (Å²) in [7, 11) is -1.92. The summed E-state index contributed by atoms with van der Waals surface area (Å²) in [4.78, 5) is 0.224. The van der Waals surface area contributed by atoms with E-state index in [1.807, 2.05) is 31.2 Å². The Bertz CT molecular complexity index is 659. The fraction of sp³-hybridized carbons (Fsp3) is 0.308. The van der Waals surface area contributed by atoms with E-state index in [9.17, 15) is 8.42 Å². The van der Waals surface area contributed by atoms with Gasteiger partial charge in [-0.25, -0.2) is 8.42 Å². The predicted molar refractivity (Wildman–Crippen MR) is 73.2 cm³/mol. The maximum Gasteiger partial charge on any atom is 0.246 e. The van der Waals surface area contributed by atoms with Crippen molar-refractivity contribution >= 4 is 10.0 Å². The second-order valence-corrected chi connectivity index (χ2v) is 6.62. The van der Waals surface area contributed by atoms with Gasteiger partial charge in [0.1, 0.15) is 4.90 Å². The maximum absolute atomic E-state index is 12.4. The van der Waals surface area contributed by atoms with Crippen LogP contribution in [0.3, 0.4) is 0 Å². The molecule has 19 heavy (non-hydrogen) atoms. The highest BCUT2D eigenvalue weighted by atomic mass is 32.2. The Balaban J connectivity index is 2.22. The van der Waals surface area contributed by atoms with E-state index in [0.717, 1.165) is 11.1 Å². The highest BCUT2D eigenvalue weighted by Crippen LogP contribution is 2.18. The molecule has 0 aliphatic heterocycles. The largest absolute Gasteiger partial charge is 0.281 e. The molecule has 1 aromatic heterocycles. The van der Waals surface area contributed by atoms with Gasteiger partial charge < -0.3 is 0 Å². The van der Waals surface area contributed by atoms with Crippen LogP contribution < -0.4 is 0 Å². The number of nitrogens with one attached hydrogen (secondary N) is 1. The molecule has 0 saturated heterocycles. The Hall–Kier alpha value is -1.66. The number of hydrogen-bond donors (Lipinski definition) is 1. The maximum atomic E-state index is 12.4. The number of benzene rings is 1. The zero-order valence-corrected chi connectivity index (χ0v) is 12.0. The van der Waals surface area contributed by atoms with Crippen molar-refractivity contribution in [1.29, 1.82) is 0 Å². The van der Waals surface area contributed by atoms with E-state index in [4.69, 9.17) is 0 Å². The fourth-order valence-electron chi connectivity index (χ4n) is 1.80. The molecule has 5 nitrogen and oxygen atoms in total. The summed E-state index contributed by atoms with van der Waals surface area (Å²) in [6.45, 7) is 4.03. The van der Waals surface area contributed by atoms with Gasteiger partial charge in [-0.2, -0.15) is 9.40 Å². The van der Waals surface area contributed by atoms with Gasteiger partial charge in [-0.05, 0) is 19.4 Å². The van der Waals surface area contributed by atoms with Crippen molar-refractivity contribution in [2.45, 2.75) is 25.3 Å². The molecule has 102 valence electrons. The van der Waals surface area contributed by atoms with E-state index in [2.05, 4.69) is 10.2 Å². The lowest BCUT2D eigenvalue weighted by Crippen LogP contribution is -2.26. The predicted octanol–water partition coefficient (Wildman–Crippen LogP) is 1.85. The Morgan fingerprint density at radius 3 is 2.37 bits per heavy atom. The second kappa shape index (κ2) is 5.14. The number of rotatable bonds is 4. The summed E-state index contributed by atoms with van der Waals surface area (Å²) in [6, 6.07) is 7.81. The van der Waals surface area contributed by atoms with Crippen LogP contribution in [0.1, 0.15) is 16.8 Å². The highest BCUT2D eigenvalue weighted by molar-refractivity contribution is 7.89. The molecule has 0 radical (unpaired) electrons. The molecule has 0 amide bonds. The lowest BCUT2D eigenvalue weighted by Gasteiger charge is -2.16. The number of aromatic nitrogens is 2. The van der Waals surface area contributed by atoms with E-state index in [-0.39, 0.29) is 4.90 Å². The SMILES string of the molecule is Cc1ccc(CN(C)S(=O)(=O)c2cn[nH]c2C)cc1. The zero-order chi connectivity index (χ0) is 14.0. The van der Waals surface area contributed by atoms with Crippen molar-refractivity contribution in [2.24, 2.45) is 0 Å². The van der Waals surface area contributed by atoms with Gasteiger partial charge in [-0.3, -0.25) is 5.10 Å². The summed E-state index contributed by atoms with van der Waals surface area (Å²) in [5.41, 5.74) is 2.66. The Morgan fingerprint density at radius 1 is 1.21 bits per heavy atom. The minimum absolute atomic E-state index is 0.224. The summed E-state index contributed by atoms with van der Waals surface area (Å²) in [5, 5.41) is 6.40. The van der Waals surface area contributed by atoms with Crippen LogP contribution in [0, 0.1) is 13.8 Å². The van der Waals surface area contributed by atoms with Gasteiger partial charge in [-0.15, -0.1) is 0 Å². The first kappa shape index (κ1) is 13.8. The van der Waals surface area contributed by atoms with E-state index in [0.29, 0.717) is 12.2 Å². The second-order valence-electron chi connectivity index (χ2n) is 4.61. The number of aromatic amines is 1. The number of hydrogen-bond acceptors (Lipinski definition) is 3. The summed E-state index contributed by atoms with van der Waals surface area (Å²) < 4.78 is 26.0. The molecular weight excluding hydrogens is 262 g/mol. The van der Waals surface area contributed by atoms with Gasteiger partial charge >= 0.3 is 0 Å².